The van der Waals surface area contributed by atoms with Crippen LogP contribution in [-0.2, 0) is 14.8 Å². The highest BCUT2D eigenvalue weighted by Crippen LogP contribution is 2.37. The standard InChI is InChI=1S/C25H32N6O6S/c1-15(2)12-26-13-16(3)23-28-29-25(31(23)21-19(34-6)10-9-11-20(21)35-7)30-38(32,33)18(5)22(36-8)24-27-14-17(4)37-24/h9-14,18,22H,1H2,2-8H3,(H,29,30)/b16-13+,26-12-/t18-,22-/m1/s1. The molecule has 2 heterocycles. The van der Waals surface area contributed by atoms with Crippen molar-refractivity contribution in [2.45, 2.75) is 39.0 Å². The van der Waals surface area contributed by atoms with Crippen molar-refractivity contribution in [2.24, 2.45) is 4.99 Å². The normalized spacial score (nSPS) is 13.9. The van der Waals surface area contributed by atoms with Crippen LogP contribution in [0, 0.1) is 6.92 Å². The lowest BCUT2D eigenvalue weighted by atomic mass is 10.2. The molecule has 1 N–H and O–H groups in total. The number of nitrogens with zero attached hydrogens (tertiary/aromatic N) is 5. The molecule has 0 aliphatic rings. The Balaban J connectivity index is 2.16. The van der Waals surface area contributed by atoms with E-state index in [4.69, 9.17) is 18.6 Å². The number of ether oxygens (including phenoxy) is 3. The van der Waals surface area contributed by atoms with Gasteiger partial charge in [-0.3, -0.25) is 14.3 Å². The lowest BCUT2D eigenvalue weighted by Crippen LogP contribution is -2.33. The Kier molecular flexibility index (Phi) is 9.07. The molecule has 0 saturated carbocycles. The number of hydrogen-bond donors (Lipinski definition) is 1. The number of aliphatic imine (C=N–C) groups is 1. The smallest absolute Gasteiger partial charge is 0.243 e. The molecule has 0 saturated heterocycles. The van der Waals surface area contributed by atoms with E-state index >= 15 is 0 Å². The Labute approximate surface area is 222 Å². The largest absolute Gasteiger partial charge is 0.494 e. The predicted octanol–water partition coefficient (Wildman–Crippen LogP) is 4.11. The molecule has 0 fully saturated rings. The zero-order valence-electron chi connectivity index (χ0n) is 22.4. The number of oxazole rings is 1. The molecule has 3 aromatic rings. The number of anilines is 1. The van der Waals surface area contributed by atoms with Crippen molar-refractivity contribution in [3.8, 4) is 17.2 Å². The molecule has 0 bridgehead atoms. The first-order valence-corrected chi connectivity index (χ1v) is 13.1. The Hall–Kier alpha value is -3.97. The van der Waals surface area contributed by atoms with E-state index in [-0.39, 0.29) is 11.8 Å². The van der Waals surface area contributed by atoms with E-state index in [0.29, 0.717) is 34.3 Å². The number of allylic oxidation sites excluding steroid dienone is 2. The first-order valence-electron chi connectivity index (χ1n) is 11.5. The van der Waals surface area contributed by atoms with Crippen molar-refractivity contribution in [1.29, 1.82) is 0 Å². The highest BCUT2D eigenvalue weighted by molar-refractivity contribution is 7.93. The average molecular weight is 545 g/mol. The number of nitrogens with one attached hydrogen (secondary N) is 1. The first-order chi connectivity index (χ1) is 18.0. The van der Waals surface area contributed by atoms with Crippen LogP contribution in [0.25, 0.3) is 11.3 Å². The van der Waals surface area contributed by atoms with Gasteiger partial charge in [-0.25, -0.2) is 13.4 Å². The van der Waals surface area contributed by atoms with Gasteiger partial charge in [0.05, 0.1) is 20.4 Å². The second-order valence-electron chi connectivity index (χ2n) is 8.45. The molecule has 38 heavy (non-hydrogen) atoms. The Bertz CT molecular complexity index is 1430. The minimum absolute atomic E-state index is 0.0929. The zero-order valence-corrected chi connectivity index (χ0v) is 23.2. The van der Waals surface area contributed by atoms with Gasteiger partial charge in [0.15, 0.2) is 11.9 Å². The van der Waals surface area contributed by atoms with Gasteiger partial charge in [-0.1, -0.05) is 12.6 Å². The first kappa shape index (κ1) is 28.6. The highest BCUT2D eigenvalue weighted by atomic mass is 32.2. The van der Waals surface area contributed by atoms with Crippen LogP contribution in [0.4, 0.5) is 5.95 Å². The van der Waals surface area contributed by atoms with E-state index in [1.165, 1.54) is 39.0 Å². The van der Waals surface area contributed by atoms with Crippen LogP contribution in [0.1, 0.15) is 44.4 Å². The number of aryl methyl sites for hydroxylation is 1. The average Bonchev–Trinajstić information content (AvgIpc) is 3.49. The fraction of sp³-hybridized carbons (Fsp3) is 0.360. The number of para-hydroxylation sites is 1. The zero-order chi connectivity index (χ0) is 28.0. The van der Waals surface area contributed by atoms with Gasteiger partial charge < -0.3 is 18.6 Å². The molecule has 0 spiro atoms. The maximum atomic E-state index is 13.5. The third kappa shape index (κ3) is 6.11. The molecule has 12 nitrogen and oxygen atoms in total. The summed E-state index contributed by atoms with van der Waals surface area (Å²) in [5.41, 5.74) is 1.75. The topological polar surface area (TPSA) is 143 Å². The Morgan fingerprint density at radius 1 is 1.18 bits per heavy atom. The second-order valence-corrected chi connectivity index (χ2v) is 10.5. The van der Waals surface area contributed by atoms with Crippen molar-refractivity contribution in [3.05, 3.63) is 60.2 Å². The minimum Gasteiger partial charge on any atom is -0.494 e. The molecule has 0 unspecified atom stereocenters. The molecule has 13 heteroatoms. The van der Waals surface area contributed by atoms with Crippen molar-refractivity contribution in [1.82, 2.24) is 19.7 Å². The maximum absolute atomic E-state index is 13.5. The number of rotatable bonds is 12. The van der Waals surface area contributed by atoms with Gasteiger partial charge in [0.2, 0.25) is 21.9 Å². The molecule has 0 aliphatic carbocycles. The van der Waals surface area contributed by atoms with Gasteiger partial charge in [-0.15, -0.1) is 10.2 Å². The van der Waals surface area contributed by atoms with E-state index in [1.807, 2.05) is 6.92 Å². The van der Waals surface area contributed by atoms with Crippen LogP contribution in [0.2, 0.25) is 0 Å². The molecule has 0 radical (unpaired) electrons. The van der Waals surface area contributed by atoms with Crippen LogP contribution in [0.5, 0.6) is 11.5 Å². The molecule has 2 aromatic heterocycles. The Morgan fingerprint density at radius 2 is 1.84 bits per heavy atom. The molecule has 0 amide bonds. The third-order valence-corrected chi connectivity index (χ3v) is 7.18. The van der Waals surface area contributed by atoms with Gasteiger partial charge in [-0.2, -0.15) is 0 Å². The summed E-state index contributed by atoms with van der Waals surface area (Å²) in [6, 6.07) is 5.18. The highest BCUT2D eigenvalue weighted by Gasteiger charge is 2.36. The third-order valence-electron chi connectivity index (χ3n) is 5.49. The number of aromatic nitrogens is 4. The van der Waals surface area contributed by atoms with Gasteiger partial charge in [-0.05, 0) is 45.4 Å². The van der Waals surface area contributed by atoms with Crippen molar-refractivity contribution >= 4 is 27.8 Å². The van der Waals surface area contributed by atoms with Gasteiger partial charge in [0.1, 0.15) is 28.2 Å². The summed E-state index contributed by atoms with van der Waals surface area (Å²) in [5.74, 6) is 1.70. The fourth-order valence-electron chi connectivity index (χ4n) is 3.58. The van der Waals surface area contributed by atoms with Crippen molar-refractivity contribution in [2.75, 3.05) is 26.1 Å². The van der Waals surface area contributed by atoms with E-state index in [9.17, 15) is 8.42 Å². The Morgan fingerprint density at radius 3 is 2.37 bits per heavy atom. The number of hydrogen-bond acceptors (Lipinski definition) is 10. The van der Waals surface area contributed by atoms with Crippen molar-refractivity contribution in [3.63, 3.8) is 0 Å². The van der Waals surface area contributed by atoms with Crippen LogP contribution >= 0.6 is 0 Å². The number of benzene rings is 1. The monoisotopic (exact) mass is 544 g/mol. The fourth-order valence-corrected chi connectivity index (χ4v) is 4.71. The number of sulfonamides is 1. The van der Waals surface area contributed by atoms with E-state index < -0.39 is 21.4 Å². The minimum atomic E-state index is -4.11. The predicted molar refractivity (Wildman–Crippen MR) is 144 cm³/mol. The lowest BCUT2D eigenvalue weighted by molar-refractivity contribution is 0.0779. The second kappa shape index (κ2) is 12.0. The van der Waals surface area contributed by atoms with Crippen LogP contribution in [-0.4, -0.2) is 61.0 Å². The molecule has 1 aromatic carbocycles. The van der Waals surface area contributed by atoms with E-state index in [1.54, 1.807) is 44.5 Å². The summed E-state index contributed by atoms with van der Waals surface area (Å²) >= 11 is 0. The van der Waals surface area contributed by atoms with Crippen LogP contribution < -0.4 is 14.2 Å². The van der Waals surface area contributed by atoms with E-state index in [2.05, 4.69) is 31.5 Å². The molecule has 204 valence electrons. The molecule has 3 rings (SSSR count). The quantitative estimate of drug-likeness (QED) is 0.333. The van der Waals surface area contributed by atoms with E-state index in [0.717, 1.165) is 5.57 Å². The summed E-state index contributed by atoms with van der Waals surface area (Å²) in [6.45, 7) is 10.6. The SMILES string of the molecule is C=C(C)/C=N\C=C(/C)c1nnc(NS(=O)(=O)[C@H](C)[C@@H](OC)c2ncc(C)o2)n1-c1c(OC)cccc1OC. The maximum Gasteiger partial charge on any atom is 0.243 e. The van der Waals surface area contributed by atoms with Crippen LogP contribution in [0.15, 0.2) is 52.2 Å². The summed E-state index contributed by atoms with van der Waals surface area (Å²) in [4.78, 5) is 8.38. The molecular weight excluding hydrogens is 512 g/mol. The molecular formula is C25H32N6O6S. The lowest BCUT2D eigenvalue weighted by Gasteiger charge is -2.22. The summed E-state index contributed by atoms with van der Waals surface area (Å²) in [7, 11) is 0.262. The van der Waals surface area contributed by atoms with Gasteiger partial charge in [0.25, 0.3) is 0 Å². The summed E-state index contributed by atoms with van der Waals surface area (Å²) < 4.78 is 53.3. The van der Waals surface area contributed by atoms with Gasteiger partial charge >= 0.3 is 0 Å². The van der Waals surface area contributed by atoms with Crippen molar-refractivity contribution < 1.29 is 27.0 Å². The summed E-state index contributed by atoms with van der Waals surface area (Å²) in [6.07, 6.45) is 3.69. The number of methoxy groups -OCH3 is 3. The summed E-state index contributed by atoms with van der Waals surface area (Å²) in [5, 5.41) is 7.30. The van der Waals surface area contributed by atoms with Crippen LogP contribution in [0.3, 0.4) is 0 Å². The van der Waals surface area contributed by atoms with Gasteiger partial charge in [0, 0.05) is 25.1 Å². The molecule has 0 aliphatic heterocycles. The molecule has 2 atom stereocenters.